The fraction of sp³-hybridized carbons (Fsp3) is 0.727. The van der Waals surface area contributed by atoms with E-state index in [4.69, 9.17) is 69.6 Å². The number of phosphoric acid groups is 1. The molecule has 0 fully saturated rings. The summed E-state index contributed by atoms with van der Waals surface area (Å²) < 4.78 is 21.6. The first-order valence-electron chi connectivity index (χ1n) is 6.50. The molecule has 0 aliphatic heterocycles. The van der Waals surface area contributed by atoms with Gasteiger partial charge in [-0.2, -0.15) is 0 Å². The van der Waals surface area contributed by atoms with Gasteiger partial charge in [-0.25, -0.2) is 9.13 Å². The molecule has 1 rings (SSSR count). The highest BCUT2D eigenvalue weighted by atomic mass is 35.6. The lowest BCUT2D eigenvalue weighted by atomic mass is 10.4. The molecule has 0 bridgehead atoms. The van der Waals surface area contributed by atoms with Crippen LogP contribution in [0, 0.1) is 0 Å². The zero-order valence-electron chi connectivity index (χ0n) is 13.0. The molecule has 0 aliphatic carbocycles. The third-order valence-corrected chi connectivity index (χ3v) is 6.13. The Kier molecular flexibility index (Phi) is 10.9. The molecule has 0 aromatic carbocycles. The molecular formula is C11H17Cl6N2O4P. The summed E-state index contributed by atoms with van der Waals surface area (Å²) in [7, 11) is -2.75. The molecular weight excluding hydrogens is 468 g/mol. The van der Waals surface area contributed by atoms with Gasteiger partial charge < -0.3 is 9.42 Å². The number of imidazole rings is 1. The number of hydrogen-bond donors (Lipinski definition) is 0. The molecule has 1 heterocycles. The van der Waals surface area contributed by atoms with Gasteiger partial charge in [0.05, 0.1) is 20.2 Å². The second kappa shape index (κ2) is 10.4. The van der Waals surface area contributed by atoms with Crippen LogP contribution in [0.4, 0.5) is 0 Å². The van der Waals surface area contributed by atoms with Gasteiger partial charge in [0, 0.05) is 0 Å². The quantitative estimate of drug-likeness (QED) is 0.348. The van der Waals surface area contributed by atoms with Gasteiger partial charge in [0.1, 0.15) is 12.4 Å². The van der Waals surface area contributed by atoms with Crippen molar-refractivity contribution in [3.63, 3.8) is 0 Å². The van der Waals surface area contributed by atoms with Gasteiger partial charge in [0.2, 0.25) is 15.2 Å². The third kappa shape index (κ3) is 8.17. The summed E-state index contributed by atoms with van der Waals surface area (Å²) in [6.45, 7) is 4.42. The Morgan fingerprint density at radius 1 is 1.29 bits per heavy atom. The SMILES string of the molecule is CCOP(=O)([O-])OC(Cl)(C(Cl)Cl)C(Cl)(Cl)Cl.CCn1cc[n+](C)c1. The largest absolute Gasteiger partial charge is 0.756 e. The van der Waals surface area contributed by atoms with E-state index in [2.05, 4.69) is 33.1 Å². The Hall–Kier alpha value is 1.06. The lowest BCUT2D eigenvalue weighted by Crippen LogP contribution is -2.46. The summed E-state index contributed by atoms with van der Waals surface area (Å²) in [6.07, 6.45) is 6.14. The minimum atomic E-state index is -4.77. The minimum absolute atomic E-state index is 0.178. The van der Waals surface area contributed by atoms with Gasteiger partial charge in [-0.05, 0) is 13.8 Å². The summed E-state index contributed by atoms with van der Waals surface area (Å²) in [5.41, 5.74) is 0. The predicted molar refractivity (Wildman–Crippen MR) is 96.0 cm³/mol. The van der Waals surface area contributed by atoms with Crippen LogP contribution in [0.5, 0.6) is 0 Å². The van der Waals surface area contributed by atoms with Gasteiger partial charge in [-0.1, -0.05) is 46.4 Å². The Morgan fingerprint density at radius 3 is 2.08 bits per heavy atom. The van der Waals surface area contributed by atoms with Crippen molar-refractivity contribution in [3.8, 4) is 0 Å². The lowest BCUT2D eigenvalue weighted by Gasteiger charge is -2.38. The maximum Gasteiger partial charge on any atom is 0.269 e. The molecule has 2 unspecified atom stereocenters. The van der Waals surface area contributed by atoms with Crippen LogP contribution in [0.2, 0.25) is 0 Å². The van der Waals surface area contributed by atoms with E-state index in [1.165, 1.54) is 6.92 Å². The topological polar surface area (TPSA) is 67.4 Å². The van der Waals surface area contributed by atoms with Gasteiger partial charge >= 0.3 is 0 Å². The fourth-order valence-electron chi connectivity index (χ4n) is 1.25. The van der Waals surface area contributed by atoms with Gasteiger partial charge in [-0.15, -0.1) is 23.2 Å². The zero-order valence-corrected chi connectivity index (χ0v) is 18.4. The van der Waals surface area contributed by atoms with E-state index >= 15 is 0 Å². The minimum Gasteiger partial charge on any atom is -0.756 e. The molecule has 0 saturated heterocycles. The van der Waals surface area contributed by atoms with Crippen LogP contribution >= 0.6 is 77.4 Å². The van der Waals surface area contributed by atoms with Crippen molar-refractivity contribution in [1.82, 2.24) is 4.57 Å². The van der Waals surface area contributed by atoms with Crippen molar-refractivity contribution >= 4 is 77.4 Å². The molecule has 13 heteroatoms. The summed E-state index contributed by atoms with van der Waals surface area (Å²) in [5, 5.41) is -2.48. The Balaban J connectivity index is 0.000000546. The molecule has 0 aliphatic rings. The van der Waals surface area contributed by atoms with E-state index in [-0.39, 0.29) is 6.61 Å². The maximum atomic E-state index is 11.2. The van der Waals surface area contributed by atoms with E-state index in [0.29, 0.717) is 0 Å². The van der Waals surface area contributed by atoms with Crippen molar-refractivity contribution < 1.29 is 23.1 Å². The molecule has 0 amide bonds. The Labute approximate surface area is 171 Å². The predicted octanol–water partition coefficient (Wildman–Crippen LogP) is 3.95. The number of phosphoric ester groups is 1. The van der Waals surface area contributed by atoms with Crippen LogP contribution in [-0.4, -0.2) is 24.9 Å². The van der Waals surface area contributed by atoms with Crippen LogP contribution in [0.1, 0.15) is 13.8 Å². The van der Waals surface area contributed by atoms with Crippen LogP contribution in [0.3, 0.4) is 0 Å². The summed E-state index contributed by atoms with van der Waals surface area (Å²) >= 11 is 32.8. The lowest BCUT2D eigenvalue weighted by molar-refractivity contribution is -0.671. The summed E-state index contributed by atoms with van der Waals surface area (Å²) in [5.74, 6) is 0. The van der Waals surface area contributed by atoms with Crippen LogP contribution < -0.4 is 9.46 Å². The van der Waals surface area contributed by atoms with Crippen LogP contribution in [0.15, 0.2) is 18.7 Å². The number of alkyl halides is 6. The molecule has 0 spiro atoms. The average Bonchev–Trinajstić information content (AvgIpc) is 2.83. The monoisotopic (exact) mass is 482 g/mol. The van der Waals surface area contributed by atoms with E-state index in [9.17, 15) is 9.46 Å². The van der Waals surface area contributed by atoms with E-state index in [1.807, 2.05) is 17.8 Å². The number of halogens is 6. The number of aryl methyl sites for hydroxylation is 2. The van der Waals surface area contributed by atoms with Crippen LogP contribution in [0.25, 0.3) is 0 Å². The van der Waals surface area contributed by atoms with Gasteiger partial charge in [-0.3, -0.25) is 9.09 Å². The molecule has 1 aromatic heterocycles. The fourth-order valence-corrected chi connectivity index (χ4v) is 3.92. The van der Waals surface area contributed by atoms with Crippen LogP contribution in [-0.2, 0) is 27.2 Å². The molecule has 2 atom stereocenters. The number of aromatic nitrogens is 2. The third-order valence-electron chi connectivity index (χ3n) is 2.39. The number of rotatable bonds is 6. The van der Waals surface area contributed by atoms with Crippen molar-refractivity contribution in [1.29, 1.82) is 0 Å². The Morgan fingerprint density at radius 2 is 1.83 bits per heavy atom. The number of hydrogen-bond acceptors (Lipinski definition) is 4. The van der Waals surface area contributed by atoms with E-state index in [1.54, 1.807) is 0 Å². The number of nitrogens with zero attached hydrogens (tertiary/aromatic N) is 2. The molecule has 0 saturated carbocycles. The molecule has 0 radical (unpaired) electrons. The molecule has 6 nitrogen and oxygen atoms in total. The molecule has 0 N–H and O–H groups in total. The van der Waals surface area contributed by atoms with Gasteiger partial charge in [0.25, 0.3) is 7.82 Å². The highest BCUT2D eigenvalue weighted by Crippen LogP contribution is 2.56. The standard InChI is InChI=1S/C6H11N2.C5H7Cl6O4P/c1-3-8-5-4-7(2)6-8;1-2-14-16(12,13)15-4(8,3(6)7)5(9,10)11/h4-6H,3H2,1-2H3;3H,2H2,1H3,(H,12,13)/q+1;/p-1. The van der Waals surface area contributed by atoms with Gasteiger partial charge in [0.15, 0.2) is 4.84 Å². The normalized spacial score (nSPS) is 17.0. The zero-order chi connectivity index (χ0) is 19.2. The van der Waals surface area contributed by atoms with E-state index < -0.39 is 21.5 Å². The highest BCUT2D eigenvalue weighted by Gasteiger charge is 2.55. The van der Waals surface area contributed by atoms with Crippen molar-refractivity contribution in [3.05, 3.63) is 18.7 Å². The Bertz CT molecular complexity index is 553. The second-order valence-electron chi connectivity index (χ2n) is 4.31. The molecule has 24 heavy (non-hydrogen) atoms. The summed E-state index contributed by atoms with van der Waals surface area (Å²) in [6, 6.07) is 0. The van der Waals surface area contributed by atoms with Crippen molar-refractivity contribution in [2.75, 3.05) is 6.61 Å². The first-order valence-corrected chi connectivity index (χ1v) is 10.3. The summed E-state index contributed by atoms with van der Waals surface area (Å²) in [4.78, 5) is 9.58. The molecule has 142 valence electrons. The second-order valence-corrected chi connectivity index (χ2v) is 9.58. The average molecular weight is 485 g/mol. The van der Waals surface area contributed by atoms with E-state index in [0.717, 1.165) is 6.54 Å². The van der Waals surface area contributed by atoms with Crippen molar-refractivity contribution in [2.45, 2.75) is 34.1 Å². The smallest absolute Gasteiger partial charge is 0.269 e. The molecule has 1 aromatic rings. The highest BCUT2D eigenvalue weighted by molar-refractivity contribution is 7.46. The maximum absolute atomic E-state index is 11.2. The first-order chi connectivity index (χ1) is 10.8. The van der Waals surface area contributed by atoms with Crippen molar-refractivity contribution in [2.24, 2.45) is 7.05 Å². The first kappa shape index (κ1) is 25.1.